The second-order valence-corrected chi connectivity index (χ2v) is 6.45. The minimum absolute atomic E-state index is 0.0824. The zero-order chi connectivity index (χ0) is 17.3. The first kappa shape index (κ1) is 16.5. The second kappa shape index (κ2) is 6.65. The summed E-state index contributed by atoms with van der Waals surface area (Å²) in [5, 5.41) is 13.6. The molecule has 126 valence electrons. The molecule has 24 heavy (non-hydrogen) atoms. The Morgan fingerprint density at radius 2 is 2.17 bits per heavy atom. The van der Waals surface area contributed by atoms with Crippen molar-refractivity contribution >= 4 is 23.5 Å². The maximum absolute atomic E-state index is 12.7. The Labute approximate surface area is 144 Å². The van der Waals surface area contributed by atoms with E-state index in [2.05, 4.69) is 5.16 Å². The highest BCUT2D eigenvalue weighted by Crippen LogP contribution is 2.30. The molecule has 2 aromatic rings. The van der Waals surface area contributed by atoms with Crippen LogP contribution in [0, 0.1) is 5.92 Å². The molecule has 1 aliphatic carbocycles. The number of halogens is 1. The summed E-state index contributed by atoms with van der Waals surface area (Å²) in [5.41, 5.74) is 1.27. The Bertz CT molecular complexity index is 769. The number of carboxylic acids is 1. The summed E-state index contributed by atoms with van der Waals surface area (Å²) in [6.07, 6.45) is 1.76. The van der Waals surface area contributed by atoms with E-state index in [1.807, 2.05) is 6.07 Å². The van der Waals surface area contributed by atoms with Crippen LogP contribution in [0.15, 0.2) is 34.9 Å². The van der Waals surface area contributed by atoms with E-state index in [1.165, 1.54) is 0 Å². The van der Waals surface area contributed by atoms with E-state index in [4.69, 9.17) is 21.2 Å². The van der Waals surface area contributed by atoms with Gasteiger partial charge in [0.15, 0.2) is 0 Å². The minimum atomic E-state index is -0.925. The summed E-state index contributed by atoms with van der Waals surface area (Å²) in [4.78, 5) is 25.3. The van der Waals surface area contributed by atoms with Crippen molar-refractivity contribution in [3.63, 3.8) is 0 Å². The molecule has 0 radical (unpaired) electrons. The van der Waals surface area contributed by atoms with Crippen LogP contribution in [0.25, 0.3) is 11.3 Å². The smallest absolute Gasteiger partial charge is 0.308 e. The molecule has 1 amide bonds. The predicted molar refractivity (Wildman–Crippen MR) is 87.8 cm³/mol. The average Bonchev–Trinajstić information content (AvgIpc) is 3.27. The van der Waals surface area contributed by atoms with Crippen LogP contribution < -0.4 is 0 Å². The zero-order valence-electron chi connectivity index (χ0n) is 13.1. The van der Waals surface area contributed by atoms with E-state index in [-0.39, 0.29) is 24.3 Å². The molecule has 1 N–H and O–H groups in total. The van der Waals surface area contributed by atoms with E-state index >= 15 is 0 Å². The molecule has 0 saturated heterocycles. The van der Waals surface area contributed by atoms with Gasteiger partial charge in [-0.15, -0.1) is 0 Å². The summed E-state index contributed by atoms with van der Waals surface area (Å²) < 4.78 is 5.19. The highest BCUT2D eigenvalue weighted by atomic mass is 35.5. The van der Waals surface area contributed by atoms with Crippen LogP contribution in [0.3, 0.4) is 0 Å². The summed E-state index contributed by atoms with van der Waals surface area (Å²) in [7, 11) is 0. The highest BCUT2D eigenvalue weighted by molar-refractivity contribution is 6.30. The quantitative estimate of drug-likeness (QED) is 0.865. The van der Waals surface area contributed by atoms with Crippen LogP contribution in [-0.4, -0.2) is 39.6 Å². The number of carbonyl (C=O) groups excluding carboxylic acids is 1. The first-order valence-corrected chi connectivity index (χ1v) is 8.10. The van der Waals surface area contributed by atoms with Crippen LogP contribution in [0.2, 0.25) is 5.02 Å². The molecule has 0 spiro atoms. The molecule has 1 heterocycles. The lowest BCUT2D eigenvalue weighted by Gasteiger charge is -2.22. The Morgan fingerprint density at radius 3 is 2.79 bits per heavy atom. The van der Waals surface area contributed by atoms with E-state index in [0.717, 1.165) is 18.4 Å². The maximum Gasteiger partial charge on any atom is 0.308 e. The summed E-state index contributed by atoms with van der Waals surface area (Å²) in [6.45, 7) is 1.74. The largest absolute Gasteiger partial charge is 0.481 e. The number of aromatic nitrogens is 1. The number of hydrogen-bond acceptors (Lipinski definition) is 4. The van der Waals surface area contributed by atoms with Gasteiger partial charge in [-0.2, -0.15) is 0 Å². The number of benzene rings is 1. The molecule has 0 aliphatic heterocycles. The van der Waals surface area contributed by atoms with Gasteiger partial charge in [0.1, 0.15) is 5.69 Å². The van der Waals surface area contributed by atoms with Crippen LogP contribution in [0.5, 0.6) is 0 Å². The van der Waals surface area contributed by atoms with Crippen molar-refractivity contribution in [2.45, 2.75) is 25.8 Å². The van der Waals surface area contributed by atoms with Gasteiger partial charge in [0.2, 0.25) is 5.76 Å². The molecule has 6 nitrogen and oxygen atoms in total. The van der Waals surface area contributed by atoms with Crippen molar-refractivity contribution in [1.82, 2.24) is 10.1 Å². The summed E-state index contributed by atoms with van der Waals surface area (Å²) >= 11 is 5.96. The number of hydrogen-bond donors (Lipinski definition) is 1. The maximum atomic E-state index is 12.7. The van der Waals surface area contributed by atoms with Gasteiger partial charge in [0, 0.05) is 29.2 Å². The van der Waals surface area contributed by atoms with Crippen LogP contribution in [0.4, 0.5) is 0 Å². The van der Waals surface area contributed by atoms with Gasteiger partial charge in [0.25, 0.3) is 5.91 Å². The van der Waals surface area contributed by atoms with Crippen molar-refractivity contribution in [2.75, 3.05) is 6.54 Å². The lowest BCUT2D eigenvalue weighted by molar-refractivity contribution is -0.141. The van der Waals surface area contributed by atoms with Gasteiger partial charge in [-0.3, -0.25) is 9.59 Å². The third-order valence-electron chi connectivity index (χ3n) is 3.98. The Balaban J connectivity index is 1.80. The van der Waals surface area contributed by atoms with Gasteiger partial charge in [0.05, 0.1) is 5.92 Å². The Morgan fingerprint density at radius 1 is 1.42 bits per heavy atom. The number of amides is 1. The lowest BCUT2D eigenvalue weighted by Crippen LogP contribution is -2.38. The molecule has 1 saturated carbocycles. The lowest BCUT2D eigenvalue weighted by atomic mass is 10.1. The van der Waals surface area contributed by atoms with E-state index in [9.17, 15) is 9.59 Å². The van der Waals surface area contributed by atoms with Gasteiger partial charge < -0.3 is 14.5 Å². The van der Waals surface area contributed by atoms with Crippen LogP contribution >= 0.6 is 11.6 Å². The molecular weight excluding hydrogens is 332 g/mol. The molecule has 1 aromatic heterocycles. The predicted octanol–water partition coefficient (Wildman–Crippen LogP) is 3.32. The van der Waals surface area contributed by atoms with Crippen molar-refractivity contribution in [3.8, 4) is 11.3 Å². The molecule has 7 heteroatoms. The Hall–Kier alpha value is -2.34. The third kappa shape index (κ3) is 3.59. The van der Waals surface area contributed by atoms with Gasteiger partial charge in [-0.05, 0) is 25.0 Å². The molecule has 1 aliphatic rings. The number of aliphatic carboxylic acids is 1. The van der Waals surface area contributed by atoms with Crippen molar-refractivity contribution in [1.29, 1.82) is 0 Å². The summed E-state index contributed by atoms with van der Waals surface area (Å²) in [6, 6.07) is 8.74. The highest BCUT2D eigenvalue weighted by Gasteiger charge is 2.36. The van der Waals surface area contributed by atoms with Gasteiger partial charge >= 0.3 is 5.97 Å². The first-order valence-electron chi connectivity index (χ1n) is 7.72. The number of nitrogens with zero attached hydrogens (tertiary/aromatic N) is 2. The van der Waals surface area contributed by atoms with Crippen LogP contribution in [-0.2, 0) is 4.79 Å². The van der Waals surface area contributed by atoms with E-state index in [1.54, 1.807) is 36.1 Å². The SMILES string of the molecule is CC(CN(C(=O)c1cc(-c2cccc(Cl)c2)no1)C1CC1)C(=O)O. The molecule has 0 bridgehead atoms. The van der Waals surface area contributed by atoms with Gasteiger partial charge in [-0.1, -0.05) is 35.8 Å². The number of carboxylic acid groups (broad SMARTS) is 1. The molecule has 1 unspecified atom stereocenters. The zero-order valence-corrected chi connectivity index (χ0v) is 13.9. The van der Waals surface area contributed by atoms with E-state index in [0.29, 0.717) is 10.7 Å². The van der Waals surface area contributed by atoms with Crippen molar-refractivity contribution in [2.24, 2.45) is 5.92 Å². The van der Waals surface area contributed by atoms with Crippen molar-refractivity contribution in [3.05, 3.63) is 41.1 Å². The fraction of sp³-hybridized carbons (Fsp3) is 0.353. The number of rotatable bonds is 6. The van der Waals surface area contributed by atoms with Crippen LogP contribution in [0.1, 0.15) is 30.3 Å². The topological polar surface area (TPSA) is 83.6 Å². The fourth-order valence-corrected chi connectivity index (χ4v) is 2.65. The Kier molecular flexibility index (Phi) is 4.57. The van der Waals surface area contributed by atoms with E-state index < -0.39 is 11.9 Å². The van der Waals surface area contributed by atoms with Gasteiger partial charge in [-0.25, -0.2) is 0 Å². The molecular formula is C17H17ClN2O4. The molecule has 1 aromatic carbocycles. The second-order valence-electron chi connectivity index (χ2n) is 6.01. The first-order chi connectivity index (χ1) is 11.5. The molecule has 1 atom stereocenters. The third-order valence-corrected chi connectivity index (χ3v) is 4.22. The normalized spacial score (nSPS) is 15.1. The minimum Gasteiger partial charge on any atom is -0.481 e. The summed E-state index contributed by atoms with van der Waals surface area (Å²) in [5.74, 6) is -1.78. The number of carbonyl (C=O) groups is 2. The molecule has 1 fully saturated rings. The average molecular weight is 349 g/mol. The molecule has 3 rings (SSSR count). The fourth-order valence-electron chi connectivity index (χ4n) is 2.46. The van der Waals surface area contributed by atoms with Crippen molar-refractivity contribution < 1.29 is 19.2 Å². The standard InChI is InChI=1S/C17H17ClN2O4/c1-10(17(22)23)9-20(13-5-6-13)16(21)15-8-14(19-24-15)11-3-2-4-12(18)7-11/h2-4,7-8,10,13H,5-6,9H2,1H3,(H,22,23). The monoisotopic (exact) mass is 348 g/mol.